The van der Waals surface area contributed by atoms with Crippen molar-refractivity contribution >= 4 is 46.7 Å². The van der Waals surface area contributed by atoms with Crippen LogP contribution in [0.1, 0.15) is 20.7 Å². The fraction of sp³-hybridized carbons (Fsp3) is 0.0714. The van der Waals surface area contributed by atoms with Crippen LogP contribution in [0.5, 0.6) is 0 Å². The summed E-state index contributed by atoms with van der Waals surface area (Å²) in [6.45, 7) is 0. The molecule has 0 aliphatic heterocycles. The van der Waals surface area contributed by atoms with Gasteiger partial charge in [-0.15, -0.1) is 71.8 Å². The molecule has 0 bridgehead atoms. The third-order valence-corrected chi connectivity index (χ3v) is 4.33. The van der Waals surface area contributed by atoms with Crippen LogP contribution in [0.4, 0.5) is 0 Å². The average Bonchev–Trinajstić information content (AvgIpc) is 2.98. The molecule has 0 atom stereocenters. The molecule has 0 aliphatic carbocycles. The Hall–Kier alpha value is -4.07. The number of isothiocyanates is 2. The summed E-state index contributed by atoms with van der Waals surface area (Å²) in [5, 5.41) is 16.9. The number of methoxy groups -OCH3 is 2. The maximum Gasteiger partial charge on any atom is 0.337 e. The third-order valence-electron chi connectivity index (χ3n) is 4.33. The number of nitrogens with zero attached hydrogens (tertiary/aromatic N) is 4. The molecular weight excluding hydrogens is 713 g/mol. The minimum absolute atomic E-state index is 0. The van der Waals surface area contributed by atoms with E-state index in [9.17, 15) is 9.59 Å². The normalized spacial score (nSPS) is 8.46. The van der Waals surface area contributed by atoms with Crippen LogP contribution in [-0.4, -0.2) is 46.4 Å². The van der Waals surface area contributed by atoms with Gasteiger partial charge in [0, 0.05) is 32.5 Å². The first-order valence-corrected chi connectivity index (χ1v) is 11.3. The summed E-state index contributed by atoms with van der Waals surface area (Å²) in [5.74, 6) is -0.723. The molecule has 8 nitrogen and oxygen atoms in total. The van der Waals surface area contributed by atoms with E-state index in [-0.39, 0.29) is 32.0 Å². The molecule has 2 aromatic carbocycles. The number of ether oxygens (including phenoxy) is 2. The van der Waals surface area contributed by atoms with Crippen molar-refractivity contribution in [2.45, 2.75) is 0 Å². The van der Waals surface area contributed by atoms with Gasteiger partial charge in [0.05, 0.1) is 25.3 Å². The number of aromatic nitrogens is 2. The van der Waals surface area contributed by atoms with Crippen molar-refractivity contribution in [2.24, 2.45) is 0 Å². The Bertz CT molecular complexity index is 1270. The topological polar surface area (TPSA) is 123 Å². The summed E-state index contributed by atoms with van der Waals surface area (Å²) in [7, 11) is 2.72. The molecule has 2 heterocycles. The van der Waals surface area contributed by atoms with Gasteiger partial charge < -0.3 is 30.3 Å². The first-order valence-electron chi connectivity index (χ1n) is 10.5. The number of carbonyl (C=O) groups is 2. The molecule has 39 heavy (non-hydrogen) atoms. The predicted molar refractivity (Wildman–Crippen MR) is 152 cm³/mol. The monoisotopic (exact) mass is 733 g/mol. The molecule has 0 amide bonds. The third kappa shape index (κ3) is 12.8. The van der Waals surface area contributed by atoms with E-state index >= 15 is 0 Å². The second-order valence-electron chi connectivity index (χ2n) is 6.58. The van der Waals surface area contributed by atoms with Crippen LogP contribution in [0.25, 0.3) is 33.3 Å². The standard InChI is InChI=1S/2C13H10NO2.2CNS.Ir/c2*1-16-13(15)11-7-8-14-12(9-11)10-5-3-2-4-6-10;2*2-1-3;/h2*2-5,7-9H,1H3;;;/q4*-1;. The molecule has 0 saturated heterocycles. The van der Waals surface area contributed by atoms with E-state index in [0.717, 1.165) is 11.1 Å². The van der Waals surface area contributed by atoms with E-state index < -0.39 is 0 Å². The molecule has 0 N–H and O–H groups in total. The fourth-order valence-corrected chi connectivity index (χ4v) is 2.75. The molecule has 201 valence electrons. The summed E-state index contributed by atoms with van der Waals surface area (Å²) < 4.78 is 9.30. The van der Waals surface area contributed by atoms with Crippen LogP contribution in [-0.2, 0) is 29.6 Å². The van der Waals surface area contributed by atoms with Crippen LogP contribution < -0.4 is 0 Å². The number of thiocarbonyl (C=S) groups is 2. The van der Waals surface area contributed by atoms with Crippen molar-refractivity contribution in [3.8, 4) is 22.5 Å². The molecule has 0 aliphatic rings. The van der Waals surface area contributed by atoms with Gasteiger partial charge in [0.2, 0.25) is 0 Å². The Balaban J connectivity index is 0.000000604. The number of hydrogen-bond acceptors (Lipinski definition) is 8. The van der Waals surface area contributed by atoms with Crippen LogP contribution in [0, 0.1) is 12.1 Å². The van der Waals surface area contributed by atoms with Gasteiger partial charge in [-0.25, -0.2) is 9.59 Å². The molecule has 0 saturated carbocycles. The predicted octanol–water partition coefficient (Wildman–Crippen LogP) is 5.99. The largest absolute Gasteiger partial charge is 0.753 e. The zero-order chi connectivity index (χ0) is 28.2. The number of pyridine rings is 2. The Kier molecular flexibility index (Phi) is 18.7. The van der Waals surface area contributed by atoms with E-state index in [0.29, 0.717) is 22.5 Å². The minimum atomic E-state index is -0.361. The Morgan fingerprint density at radius 3 is 1.38 bits per heavy atom. The molecule has 0 spiro atoms. The first kappa shape index (κ1) is 34.9. The van der Waals surface area contributed by atoms with Crippen LogP contribution in [0.15, 0.2) is 85.2 Å². The van der Waals surface area contributed by atoms with Crippen molar-refractivity contribution in [1.29, 1.82) is 0 Å². The van der Waals surface area contributed by atoms with Gasteiger partial charge in [-0.1, -0.05) is 36.6 Å². The van der Waals surface area contributed by atoms with Crippen LogP contribution >= 0.6 is 24.4 Å². The number of esters is 2. The van der Waals surface area contributed by atoms with Gasteiger partial charge >= 0.3 is 11.9 Å². The second-order valence-corrected chi connectivity index (χ2v) is 6.94. The number of carbonyl (C=O) groups excluding carboxylic acids is 2. The maximum absolute atomic E-state index is 11.3. The van der Waals surface area contributed by atoms with Gasteiger partial charge in [0.15, 0.2) is 0 Å². The SMILES string of the molecule is COC(=O)c1ccnc(-c2[c-]cccc2)c1.COC(=O)c1ccnc(-c2[c-]cccc2)c1.[Ir].[N-]=C=S.[N-]=C=S. The minimum Gasteiger partial charge on any atom is -0.753 e. The smallest absolute Gasteiger partial charge is 0.337 e. The summed E-state index contributed by atoms with van der Waals surface area (Å²) in [6.07, 6.45) is 3.17. The van der Waals surface area contributed by atoms with E-state index in [1.807, 2.05) is 48.5 Å². The van der Waals surface area contributed by atoms with Crippen molar-refractivity contribution in [3.63, 3.8) is 0 Å². The van der Waals surface area contributed by atoms with Crippen molar-refractivity contribution in [3.05, 3.63) is 119 Å². The Morgan fingerprint density at radius 1 is 0.744 bits per heavy atom. The van der Waals surface area contributed by atoms with Gasteiger partial charge in [0.1, 0.15) is 0 Å². The van der Waals surface area contributed by atoms with Gasteiger partial charge in [-0.2, -0.15) is 10.3 Å². The van der Waals surface area contributed by atoms with Gasteiger partial charge in [-0.3, -0.25) is 0 Å². The van der Waals surface area contributed by atoms with Crippen molar-refractivity contribution in [2.75, 3.05) is 14.2 Å². The molecule has 2 aromatic heterocycles. The summed E-state index contributed by atoms with van der Waals surface area (Å²) in [5.41, 5.74) is 4.11. The van der Waals surface area contributed by atoms with Crippen molar-refractivity contribution < 1.29 is 39.2 Å². The molecule has 4 aromatic rings. The molecule has 0 unspecified atom stereocenters. The van der Waals surface area contributed by atoms with Crippen LogP contribution in [0.2, 0.25) is 0 Å². The molecule has 0 fully saturated rings. The zero-order valence-corrected chi connectivity index (χ0v) is 24.7. The summed E-state index contributed by atoms with van der Waals surface area (Å²) >= 11 is 7.40. The number of benzene rings is 2. The summed E-state index contributed by atoms with van der Waals surface area (Å²) in [6, 6.07) is 27.7. The average molecular weight is 733 g/mol. The van der Waals surface area contributed by atoms with Crippen molar-refractivity contribution in [1.82, 2.24) is 9.97 Å². The van der Waals surface area contributed by atoms with Gasteiger partial charge in [-0.05, 0) is 23.5 Å². The maximum atomic E-state index is 11.3. The summed E-state index contributed by atoms with van der Waals surface area (Å²) in [4.78, 5) is 31.0. The fourth-order valence-electron chi connectivity index (χ4n) is 2.75. The number of rotatable bonds is 4. The van der Waals surface area contributed by atoms with Gasteiger partial charge in [0.25, 0.3) is 0 Å². The quantitative estimate of drug-likeness (QED) is 0.109. The van der Waals surface area contributed by atoms with E-state index in [2.05, 4.69) is 56.0 Å². The van der Waals surface area contributed by atoms with E-state index in [4.69, 9.17) is 10.8 Å². The molecule has 1 radical (unpaired) electrons. The second kappa shape index (κ2) is 20.9. The molecular formula is C28H20IrN4O4S2-4. The number of hydrogen-bond donors (Lipinski definition) is 0. The molecule has 4 rings (SSSR count). The Labute approximate surface area is 250 Å². The Morgan fingerprint density at radius 2 is 1.10 bits per heavy atom. The first-order chi connectivity index (χ1) is 18.4. The molecule has 11 heteroatoms. The van der Waals surface area contributed by atoms with E-state index in [1.165, 1.54) is 24.5 Å². The zero-order valence-electron chi connectivity index (χ0n) is 20.7. The van der Waals surface area contributed by atoms with Crippen LogP contribution in [0.3, 0.4) is 0 Å². The van der Waals surface area contributed by atoms with E-state index in [1.54, 1.807) is 36.7 Å².